The number of carbonyl (C=O) groups is 2. The molecular weight excluding hydrogens is 208 g/mol. The molecule has 16 heavy (non-hydrogen) atoms. The predicted molar refractivity (Wildman–Crippen MR) is 58.5 cm³/mol. The van der Waals surface area contributed by atoms with Crippen molar-refractivity contribution >= 4 is 12.3 Å². The third-order valence-corrected chi connectivity index (χ3v) is 2.00. The molecule has 0 N–H and O–H groups in total. The lowest BCUT2D eigenvalue weighted by Crippen LogP contribution is -2.25. The summed E-state index contributed by atoms with van der Waals surface area (Å²) in [5.74, 6) is -0.244. The van der Waals surface area contributed by atoms with Gasteiger partial charge in [0.25, 0.3) is 0 Å². The minimum Gasteiger partial charge on any atom is -0.455 e. The molecule has 5 heteroatoms. The molecule has 0 spiro atoms. The van der Waals surface area contributed by atoms with E-state index >= 15 is 0 Å². The van der Waals surface area contributed by atoms with Gasteiger partial charge in [-0.15, -0.1) is 0 Å². The zero-order valence-corrected chi connectivity index (χ0v) is 10.2. The number of ether oxygens (including phenoxy) is 1. The Labute approximate surface area is 94.4 Å². The number of aryl methyl sites for hydroxylation is 1. The van der Waals surface area contributed by atoms with E-state index in [2.05, 4.69) is 4.98 Å². The van der Waals surface area contributed by atoms with Crippen molar-refractivity contribution in [2.75, 3.05) is 0 Å². The van der Waals surface area contributed by atoms with Gasteiger partial charge in [0.05, 0.1) is 5.69 Å². The normalized spacial score (nSPS) is 11.3. The highest BCUT2D eigenvalue weighted by atomic mass is 16.6. The zero-order chi connectivity index (χ0) is 12.5. The number of aromatic nitrogens is 2. The first-order chi connectivity index (χ1) is 7.26. The Morgan fingerprint density at radius 1 is 1.44 bits per heavy atom. The van der Waals surface area contributed by atoms with Crippen molar-refractivity contribution in [2.24, 2.45) is 7.05 Å². The fourth-order valence-electron chi connectivity index (χ4n) is 1.37. The Morgan fingerprint density at radius 3 is 2.38 bits per heavy atom. The quantitative estimate of drug-likeness (QED) is 0.564. The van der Waals surface area contributed by atoms with Crippen molar-refractivity contribution in [3.8, 4) is 0 Å². The Hall–Kier alpha value is -1.65. The van der Waals surface area contributed by atoms with Crippen molar-refractivity contribution in [1.29, 1.82) is 0 Å². The molecule has 0 amide bonds. The first kappa shape index (κ1) is 12.4. The highest BCUT2D eigenvalue weighted by Crippen LogP contribution is 2.15. The molecule has 0 aromatic carbocycles. The van der Waals surface area contributed by atoms with E-state index < -0.39 is 11.6 Å². The van der Waals surface area contributed by atoms with Crippen LogP contribution >= 0.6 is 0 Å². The monoisotopic (exact) mass is 224 g/mol. The molecule has 0 atom stereocenters. The summed E-state index contributed by atoms with van der Waals surface area (Å²) in [4.78, 5) is 26.5. The second-order valence-corrected chi connectivity index (χ2v) is 4.58. The lowest BCUT2D eigenvalue weighted by atomic mass is 10.2. The molecule has 1 heterocycles. The number of hydrogen-bond acceptors (Lipinski definition) is 4. The number of hydrogen-bond donors (Lipinski definition) is 0. The van der Waals surface area contributed by atoms with Gasteiger partial charge in [-0.25, -0.2) is 9.78 Å². The fraction of sp³-hybridized carbons (Fsp3) is 0.545. The molecule has 0 unspecified atom stereocenters. The highest BCUT2D eigenvalue weighted by Gasteiger charge is 2.24. The van der Waals surface area contributed by atoms with Crippen LogP contribution in [0.2, 0.25) is 0 Å². The smallest absolute Gasteiger partial charge is 0.357 e. The molecule has 0 aliphatic carbocycles. The van der Waals surface area contributed by atoms with Crippen LogP contribution in [0.5, 0.6) is 0 Å². The molecule has 1 aromatic heterocycles. The molecule has 5 nitrogen and oxygen atoms in total. The second-order valence-electron chi connectivity index (χ2n) is 4.58. The minimum atomic E-state index is -0.560. The Kier molecular flexibility index (Phi) is 3.16. The SMILES string of the molecule is Cc1nc(C=O)n(C)c1C(=O)OC(C)(C)C. The summed E-state index contributed by atoms with van der Waals surface area (Å²) < 4.78 is 6.67. The van der Waals surface area contributed by atoms with Gasteiger partial charge >= 0.3 is 5.97 Å². The third kappa shape index (κ3) is 2.48. The van der Waals surface area contributed by atoms with Crippen LogP contribution in [0, 0.1) is 6.92 Å². The second kappa shape index (κ2) is 4.08. The first-order valence-corrected chi connectivity index (χ1v) is 4.98. The van der Waals surface area contributed by atoms with E-state index in [0.717, 1.165) is 0 Å². The van der Waals surface area contributed by atoms with Crippen molar-refractivity contribution in [1.82, 2.24) is 9.55 Å². The Bertz CT molecular complexity index is 427. The zero-order valence-electron chi connectivity index (χ0n) is 10.2. The first-order valence-electron chi connectivity index (χ1n) is 4.98. The van der Waals surface area contributed by atoms with Gasteiger partial charge in [-0.2, -0.15) is 0 Å². The van der Waals surface area contributed by atoms with Gasteiger partial charge in [0, 0.05) is 7.05 Å². The molecule has 0 saturated carbocycles. The number of aldehydes is 1. The largest absolute Gasteiger partial charge is 0.455 e. The Morgan fingerprint density at radius 2 is 2.00 bits per heavy atom. The number of carbonyl (C=O) groups excluding carboxylic acids is 2. The van der Waals surface area contributed by atoms with Gasteiger partial charge in [0.15, 0.2) is 17.8 Å². The van der Waals surface area contributed by atoms with E-state index in [4.69, 9.17) is 4.74 Å². The molecule has 0 aliphatic rings. The van der Waals surface area contributed by atoms with E-state index in [1.807, 2.05) is 0 Å². The van der Waals surface area contributed by atoms with Crippen molar-refractivity contribution in [3.63, 3.8) is 0 Å². The average Bonchev–Trinajstić information content (AvgIpc) is 2.38. The molecular formula is C11H16N2O3. The maximum Gasteiger partial charge on any atom is 0.357 e. The number of imidazole rings is 1. The van der Waals surface area contributed by atoms with Crippen LogP contribution in [-0.4, -0.2) is 27.4 Å². The molecule has 0 saturated heterocycles. The third-order valence-electron chi connectivity index (χ3n) is 2.00. The molecule has 0 radical (unpaired) electrons. The average molecular weight is 224 g/mol. The van der Waals surface area contributed by atoms with E-state index in [1.165, 1.54) is 4.57 Å². The maximum absolute atomic E-state index is 11.8. The molecule has 1 aromatic rings. The van der Waals surface area contributed by atoms with Crippen LogP contribution in [0.3, 0.4) is 0 Å². The van der Waals surface area contributed by atoms with Crippen molar-refractivity contribution < 1.29 is 14.3 Å². The molecule has 0 aliphatic heterocycles. The summed E-state index contributed by atoms with van der Waals surface area (Å²) in [5, 5.41) is 0. The van der Waals surface area contributed by atoms with Gasteiger partial charge < -0.3 is 9.30 Å². The maximum atomic E-state index is 11.8. The summed E-state index contributed by atoms with van der Waals surface area (Å²) >= 11 is 0. The van der Waals surface area contributed by atoms with Crippen LogP contribution < -0.4 is 0 Å². The van der Waals surface area contributed by atoms with E-state index in [0.29, 0.717) is 17.7 Å². The van der Waals surface area contributed by atoms with E-state index in [1.54, 1.807) is 34.7 Å². The summed E-state index contributed by atoms with van der Waals surface area (Å²) in [5.41, 5.74) is 0.255. The summed E-state index contributed by atoms with van der Waals surface area (Å²) in [7, 11) is 1.61. The topological polar surface area (TPSA) is 61.2 Å². The van der Waals surface area contributed by atoms with Gasteiger partial charge in [0.1, 0.15) is 5.60 Å². The lowest BCUT2D eigenvalue weighted by molar-refractivity contribution is 0.00580. The molecule has 88 valence electrons. The number of rotatable bonds is 2. The fourth-order valence-corrected chi connectivity index (χ4v) is 1.37. The minimum absolute atomic E-state index is 0.221. The summed E-state index contributed by atoms with van der Waals surface area (Å²) in [6, 6.07) is 0. The number of esters is 1. The van der Waals surface area contributed by atoms with Crippen LogP contribution in [-0.2, 0) is 11.8 Å². The van der Waals surface area contributed by atoms with Crippen LogP contribution in [0.25, 0.3) is 0 Å². The Balaban J connectivity index is 3.09. The van der Waals surface area contributed by atoms with Gasteiger partial charge in [0.2, 0.25) is 0 Å². The van der Waals surface area contributed by atoms with Gasteiger partial charge in [-0.1, -0.05) is 0 Å². The molecule has 1 rings (SSSR count). The van der Waals surface area contributed by atoms with Crippen LogP contribution in [0.1, 0.15) is 47.6 Å². The van der Waals surface area contributed by atoms with Crippen LogP contribution in [0.4, 0.5) is 0 Å². The molecule has 0 fully saturated rings. The summed E-state index contributed by atoms with van der Waals surface area (Å²) in [6.07, 6.45) is 0.612. The van der Waals surface area contributed by atoms with E-state index in [-0.39, 0.29) is 5.82 Å². The number of nitrogens with zero attached hydrogens (tertiary/aromatic N) is 2. The predicted octanol–water partition coefficient (Wildman–Crippen LogP) is 1.50. The van der Waals surface area contributed by atoms with Gasteiger partial charge in [-0.3, -0.25) is 4.79 Å². The van der Waals surface area contributed by atoms with Crippen molar-refractivity contribution in [2.45, 2.75) is 33.3 Å². The summed E-state index contributed by atoms with van der Waals surface area (Å²) in [6.45, 7) is 7.04. The standard InChI is InChI=1S/C11H16N2O3/c1-7-9(10(15)16-11(2,3)4)13(5)8(6-14)12-7/h6H,1-5H3. The van der Waals surface area contributed by atoms with Crippen LogP contribution in [0.15, 0.2) is 0 Å². The van der Waals surface area contributed by atoms with Crippen molar-refractivity contribution in [3.05, 3.63) is 17.2 Å². The van der Waals surface area contributed by atoms with Gasteiger partial charge in [-0.05, 0) is 27.7 Å². The highest BCUT2D eigenvalue weighted by molar-refractivity contribution is 5.90. The molecule has 0 bridgehead atoms. The lowest BCUT2D eigenvalue weighted by Gasteiger charge is -2.19. The van der Waals surface area contributed by atoms with E-state index in [9.17, 15) is 9.59 Å².